The fraction of sp³-hybridized carbons (Fsp3) is 0.500. The zero-order valence-corrected chi connectivity index (χ0v) is 10.2. The SMILES string of the molecule is NS(=O)(=O)CCCCCCc1ccccc1. The third-order valence-corrected chi connectivity index (χ3v) is 3.34. The minimum absolute atomic E-state index is 0.109. The van der Waals surface area contributed by atoms with Crippen molar-refractivity contribution in [2.75, 3.05) is 5.75 Å². The number of benzene rings is 1. The molecule has 1 aromatic rings. The molecule has 90 valence electrons. The van der Waals surface area contributed by atoms with Crippen molar-refractivity contribution in [1.29, 1.82) is 0 Å². The number of rotatable bonds is 7. The first-order chi connectivity index (χ1) is 7.58. The van der Waals surface area contributed by atoms with Crippen molar-refractivity contribution in [2.24, 2.45) is 5.14 Å². The highest BCUT2D eigenvalue weighted by atomic mass is 32.2. The lowest BCUT2D eigenvalue weighted by Crippen LogP contribution is -2.16. The highest BCUT2D eigenvalue weighted by Gasteiger charge is 2.01. The molecule has 0 aliphatic rings. The molecule has 0 saturated carbocycles. The molecule has 0 fully saturated rings. The Kier molecular flexibility index (Phi) is 5.49. The van der Waals surface area contributed by atoms with E-state index < -0.39 is 10.0 Å². The number of primary sulfonamides is 1. The Hall–Kier alpha value is -0.870. The summed E-state index contributed by atoms with van der Waals surface area (Å²) in [5.41, 5.74) is 1.34. The van der Waals surface area contributed by atoms with Crippen LogP contribution in [0.3, 0.4) is 0 Å². The van der Waals surface area contributed by atoms with E-state index in [0.29, 0.717) is 6.42 Å². The number of hydrogen-bond acceptors (Lipinski definition) is 2. The molecule has 2 N–H and O–H groups in total. The molecule has 0 aliphatic carbocycles. The largest absolute Gasteiger partial charge is 0.229 e. The molecule has 16 heavy (non-hydrogen) atoms. The summed E-state index contributed by atoms with van der Waals surface area (Å²) in [5.74, 6) is 0.109. The average Bonchev–Trinajstić information content (AvgIpc) is 2.23. The molecule has 0 saturated heterocycles. The van der Waals surface area contributed by atoms with Crippen molar-refractivity contribution in [1.82, 2.24) is 0 Å². The van der Waals surface area contributed by atoms with Gasteiger partial charge in [-0.1, -0.05) is 43.2 Å². The molecule has 0 aromatic heterocycles. The minimum Gasteiger partial charge on any atom is -0.229 e. The number of nitrogens with two attached hydrogens (primary N) is 1. The van der Waals surface area contributed by atoms with Crippen LogP contribution in [0.15, 0.2) is 30.3 Å². The summed E-state index contributed by atoms with van der Waals surface area (Å²) in [6, 6.07) is 10.3. The molecule has 0 heterocycles. The normalized spacial score (nSPS) is 11.6. The van der Waals surface area contributed by atoms with E-state index in [-0.39, 0.29) is 5.75 Å². The molecule has 0 spiro atoms. The van der Waals surface area contributed by atoms with Gasteiger partial charge in [0.2, 0.25) is 10.0 Å². The molecule has 0 radical (unpaired) electrons. The maximum Gasteiger partial charge on any atom is 0.209 e. The van der Waals surface area contributed by atoms with Gasteiger partial charge in [-0.25, -0.2) is 13.6 Å². The Morgan fingerprint density at radius 3 is 2.19 bits per heavy atom. The van der Waals surface area contributed by atoms with Crippen LogP contribution in [0.2, 0.25) is 0 Å². The quantitative estimate of drug-likeness (QED) is 0.743. The number of unbranched alkanes of at least 4 members (excludes halogenated alkanes) is 3. The Bertz CT molecular complexity index is 387. The summed E-state index contributed by atoms with van der Waals surface area (Å²) in [7, 11) is -3.26. The minimum atomic E-state index is -3.26. The van der Waals surface area contributed by atoms with Crippen LogP contribution in [0, 0.1) is 0 Å². The zero-order chi connectivity index (χ0) is 11.9. The lowest BCUT2D eigenvalue weighted by atomic mass is 10.1. The zero-order valence-electron chi connectivity index (χ0n) is 9.43. The van der Waals surface area contributed by atoms with Crippen molar-refractivity contribution >= 4 is 10.0 Å². The van der Waals surface area contributed by atoms with E-state index in [4.69, 9.17) is 5.14 Å². The molecule has 1 rings (SSSR count). The summed E-state index contributed by atoms with van der Waals surface area (Å²) < 4.78 is 21.3. The number of aryl methyl sites for hydroxylation is 1. The van der Waals surface area contributed by atoms with E-state index in [9.17, 15) is 8.42 Å². The van der Waals surface area contributed by atoms with Crippen molar-refractivity contribution in [3.05, 3.63) is 35.9 Å². The summed E-state index contributed by atoms with van der Waals surface area (Å²) >= 11 is 0. The maximum absolute atomic E-state index is 10.7. The summed E-state index contributed by atoms with van der Waals surface area (Å²) in [6.45, 7) is 0. The highest BCUT2D eigenvalue weighted by molar-refractivity contribution is 7.89. The monoisotopic (exact) mass is 241 g/mol. The maximum atomic E-state index is 10.7. The van der Waals surface area contributed by atoms with Gasteiger partial charge < -0.3 is 0 Å². The second-order valence-electron chi connectivity index (χ2n) is 4.02. The first-order valence-corrected chi connectivity index (χ1v) is 7.34. The van der Waals surface area contributed by atoms with Crippen molar-refractivity contribution in [2.45, 2.75) is 32.1 Å². The molecule has 0 atom stereocenters. The van der Waals surface area contributed by atoms with Gasteiger partial charge in [0.25, 0.3) is 0 Å². The molecule has 0 aliphatic heterocycles. The smallest absolute Gasteiger partial charge is 0.209 e. The van der Waals surface area contributed by atoms with Crippen molar-refractivity contribution in [3.8, 4) is 0 Å². The molecular weight excluding hydrogens is 222 g/mol. The van der Waals surface area contributed by atoms with E-state index in [1.165, 1.54) is 5.56 Å². The Morgan fingerprint density at radius 1 is 0.938 bits per heavy atom. The highest BCUT2D eigenvalue weighted by Crippen LogP contribution is 2.07. The average molecular weight is 241 g/mol. The Balaban J connectivity index is 2.05. The van der Waals surface area contributed by atoms with Crippen LogP contribution in [0.1, 0.15) is 31.2 Å². The molecular formula is C12H19NO2S. The second-order valence-corrected chi connectivity index (χ2v) is 5.75. The molecule has 3 nitrogen and oxygen atoms in total. The first kappa shape index (κ1) is 13.2. The number of sulfonamides is 1. The predicted molar refractivity (Wildman–Crippen MR) is 66.6 cm³/mol. The van der Waals surface area contributed by atoms with Crippen LogP contribution >= 0.6 is 0 Å². The van der Waals surface area contributed by atoms with Gasteiger partial charge in [-0.15, -0.1) is 0 Å². The predicted octanol–water partition coefficient (Wildman–Crippen LogP) is 2.08. The van der Waals surface area contributed by atoms with Gasteiger partial charge in [-0.3, -0.25) is 0 Å². The number of hydrogen-bond donors (Lipinski definition) is 1. The Morgan fingerprint density at radius 2 is 1.56 bits per heavy atom. The second kappa shape index (κ2) is 6.66. The molecule has 0 amide bonds. The van der Waals surface area contributed by atoms with Crippen LogP contribution in [-0.4, -0.2) is 14.2 Å². The standard InChI is InChI=1S/C12H19NO2S/c13-16(14,15)11-7-2-1-4-8-12-9-5-3-6-10-12/h3,5-6,9-10H,1-2,4,7-8,11H2,(H2,13,14,15). The van der Waals surface area contributed by atoms with Crippen LogP contribution in [-0.2, 0) is 16.4 Å². The fourth-order valence-corrected chi connectivity index (χ4v) is 2.24. The van der Waals surface area contributed by atoms with Gasteiger partial charge >= 0.3 is 0 Å². The van der Waals surface area contributed by atoms with Gasteiger partial charge in [-0.2, -0.15) is 0 Å². The van der Waals surface area contributed by atoms with Crippen LogP contribution in [0.5, 0.6) is 0 Å². The first-order valence-electron chi connectivity index (χ1n) is 5.62. The molecule has 0 unspecified atom stereocenters. The molecule has 0 bridgehead atoms. The van der Waals surface area contributed by atoms with Crippen LogP contribution in [0.4, 0.5) is 0 Å². The van der Waals surface area contributed by atoms with E-state index in [2.05, 4.69) is 12.1 Å². The molecule has 1 aromatic carbocycles. The summed E-state index contributed by atoms with van der Waals surface area (Å²) in [5, 5.41) is 4.91. The molecule has 4 heteroatoms. The van der Waals surface area contributed by atoms with Crippen molar-refractivity contribution in [3.63, 3.8) is 0 Å². The topological polar surface area (TPSA) is 60.2 Å². The van der Waals surface area contributed by atoms with Gasteiger partial charge in [0.15, 0.2) is 0 Å². The summed E-state index contributed by atoms with van der Waals surface area (Å²) in [4.78, 5) is 0. The Labute approximate surface area is 97.7 Å². The fourth-order valence-electron chi connectivity index (χ4n) is 1.63. The third kappa shape index (κ3) is 6.58. The lowest BCUT2D eigenvalue weighted by Gasteiger charge is -2.01. The van der Waals surface area contributed by atoms with E-state index in [1.807, 2.05) is 18.2 Å². The van der Waals surface area contributed by atoms with Gasteiger partial charge in [-0.05, 0) is 24.8 Å². The third-order valence-electron chi connectivity index (χ3n) is 2.49. The summed E-state index contributed by atoms with van der Waals surface area (Å²) in [6.07, 6.45) is 4.84. The van der Waals surface area contributed by atoms with E-state index in [1.54, 1.807) is 0 Å². The van der Waals surface area contributed by atoms with E-state index >= 15 is 0 Å². The van der Waals surface area contributed by atoms with Gasteiger partial charge in [0, 0.05) is 0 Å². The van der Waals surface area contributed by atoms with Crippen molar-refractivity contribution < 1.29 is 8.42 Å². The van der Waals surface area contributed by atoms with Gasteiger partial charge in [0.1, 0.15) is 0 Å². The lowest BCUT2D eigenvalue weighted by molar-refractivity contribution is 0.589. The van der Waals surface area contributed by atoms with Gasteiger partial charge in [0.05, 0.1) is 5.75 Å². The van der Waals surface area contributed by atoms with Crippen LogP contribution in [0.25, 0.3) is 0 Å². The van der Waals surface area contributed by atoms with E-state index in [0.717, 1.165) is 25.7 Å². The van der Waals surface area contributed by atoms with Crippen LogP contribution < -0.4 is 5.14 Å².